The van der Waals surface area contributed by atoms with Crippen molar-refractivity contribution in [2.75, 3.05) is 0 Å². The predicted octanol–water partition coefficient (Wildman–Crippen LogP) is -0.978. The SMILES string of the molecule is O=C1OC(=O)C2C1C[C@H]1C(=O)OC(=O)[C@@H]21. The fourth-order valence-electron chi connectivity index (χ4n) is 2.66. The molecule has 0 spiro atoms. The van der Waals surface area contributed by atoms with Gasteiger partial charge in [0.2, 0.25) is 0 Å². The zero-order valence-electron chi connectivity index (χ0n) is 7.47. The molecular formula is C9H6O6. The third-order valence-electron chi connectivity index (χ3n) is 3.31. The van der Waals surface area contributed by atoms with Crippen LogP contribution in [0.5, 0.6) is 0 Å². The predicted molar refractivity (Wildman–Crippen MR) is 40.8 cm³/mol. The summed E-state index contributed by atoms with van der Waals surface area (Å²) in [5, 5.41) is 0. The molecular weight excluding hydrogens is 204 g/mol. The van der Waals surface area contributed by atoms with E-state index in [1.54, 1.807) is 0 Å². The van der Waals surface area contributed by atoms with Gasteiger partial charge in [-0.25, -0.2) is 0 Å². The minimum absolute atomic E-state index is 0.185. The van der Waals surface area contributed by atoms with Crippen molar-refractivity contribution >= 4 is 23.9 Å². The monoisotopic (exact) mass is 210 g/mol. The summed E-state index contributed by atoms with van der Waals surface area (Å²) >= 11 is 0. The van der Waals surface area contributed by atoms with Crippen LogP contribution < -0.4 is 0 Å². The lowest BCUT2D eigenvalue weighted by molar-refractivity contribution is -0.158. The fraction of sp³-hybridized carbons (Fsp3) is 0.556. The summed E-state index contributed by atoms with van der Waals surface area (Å²) in [6, 6.07) is 0. The molecule has 3 fully saturated rings. The molecule has 1 saturated carbocycles. The van der Waals surface area contributed by atoms with Crippen molar-refractivity contribution in [2.45, 2.75) is 6.42 Å². The van der Waals surface area contributed by atoms with Gasteiger partial charge >= 0.3 is 23.9 Å². The van der Waals surface area contributed by atoms with Gasteiger partial charge in [-0.1, -0.05) is 0 Å². The molecule has 0 amide bonds. The van der Waals surface area contributed by atoms with E-state index in [-0.39, 0.29) is 6.42 Å². The highest BCUT2D eigenvalue weighted by atomic mass is 16.6. The van der Waals surface area contributed by atoms with Crippen LogP contribution >= 0.6 is 0 Å². The molecule has 78 valence electrons. The Bertz CT molecular complexity index is 373. The smallest absolute Gasteiger partial charge is 0.318 e. The summed E-state index contributed by atoms with van der Waals surface area (Å²) in [4.78, 5) is 45.0. The molecule has 15 heavy (non-hydrogen) atoms. The number of cyclic esters (lactones) is 4. The molecule has 2 heterocycles. The summed E-state index contributed by atoms with van der Waals surface area (Å²) in [6.45, 7) is 0. The van der Waals surface area contributed by atoms with Gasteiger partial charge in [0.15, 0.2) is 0 Å². The molecule has 4 atom stereocenters. The highest BCUT2D eigenvalue weighted by molar-refractivity contribution is 6.05. The van der Waals surface area contributed by atoms with Crippen molar-refractivity contribution in [3.05, 3.63) is 0 Å². The zero-order valence-corrected chi connectivity index (χ0v) is 7.47. The van der Waals surface area contributed by atoms with Gasteiger partial charge in [0, 0.05) is 0 Å². The van der Waals surface area contributed by atoms with Crippen LogP contribution in [0.15, 0.2) is 0 Å². The Kier molecular flexibility index (Phi) is 1.40. The molecule has 0 aromatic heterocycles. The first kappa shape index (κ1) is 8.58. The van der Waals surface area contributed by atoms with Gasteiger partial charge in [-0.3, -0.25) is 19.2 Å². The van der Waals surface area contributed by atoms with Gasteiger partial charge in [-0.05, 0) is 6.42 Å². The summed E-state index contributed by atoms with van der Waals surface area (Å²) in [5.41, 5.74) is 0. The van der Waals surface area contributed by atoms with Gasteiger partial charge in [0.25, 0.3) is 0 Å². The largest absolute Gasteiger partial charge is 0.393 e. The number of hydrogen-bond acceptors (Lipinski definition) is 6. The maximum atomic E-state index is 11.3. The van der Waals surface area contributed by atoms with Gasteiger partial charge in [-0.2, -0.15) is 0 Å². The third-order valence-corrected chi connectivity index (χ3v) is 3.31. The van der Waals surface area contributed by atoms with Crippen LogP contribution in [0.3, 0.4) is 0 Å². The van der Waals surface area contributed by atoms with E-state index in [4.69, 9.17) is 0 Å². The third kappa shape index (κ3) is 0.886. The van der Waals surface area contributed by atoms with Gasteiger partial charge in [-0.15, -0.1) is 0 Å². The molecule has 2 saturated heterocycles. The number of rotatable bonds is 0. The molecule has 2 unspecified atom stereocenters. The molecule has 6 heteroatoms. The second-order valence-corrected chi connectivity index (χ2v) is 3.98. The van der Waals surface area contributed by atoms with Crippen LogP contribution in [0.1, 0.15) is 6.42 Å². The van der Waals surface area contributed by atoms with Crippen molar-refractivity contribution in [2.24, 2.45) is 23.7 Å². The minimum Gasteiger partial charge on any atom is -0.393 e. The van der Waals surface area contributed by atoms with E-state index in [0.717, 1.165) is 0 Å². The molecule has 0 bridgehead atoms. The molecule has 0 aromatic carbocycles. The molecule has 0 radical (unpaired) electrons. The van der Waals surface area contributed by atoms with Crippen molar-refractivity contribution in [3.63, 3.8) is 0 Å². The van der Waals surface area contributed by atoms with E-state index in [1.807, 2.05) is 0 Å². The van der Waals surface area contributed by atoms with Crippen LogP contribution in [0.2, 0.25) is 0 Å². The first-order chi connectivity index (χ1) is 7.09. The Labute approximate surface area is 83.5 Å². The zero-order chi connectivity index (χ0) is 10.7. The van der Waals surface area contributed by atoms with E-state index in [0.29, 0.717) is 0 Å². The lowest BCUT2D eigenvalue weighted by Crippen LogP contribution is -2.24. The van der Waals surface area contributed by atoms with Crippen molar-refractivity contribution in [1.82, 2.24) is 0 Å². The maximum Gasteiger partial charge on any atom is 0.318 e. The lowest BCUT2D eigenvalue weighted by atomic mass is 9.90. The number of hydrogen-bond donors (Lipinski definition) is 0. The van der Waals surface area contributed by atoms with Crippen LogP contribution in [0.25, 0.3) is 0 Å². The fourth-order valence-corrected chi connectivity index (χ4v) is 2.66. The molecule has 3 aliphatic rings. The Balaban J connectivity index is 2.03. The quantitative estimate of drug-likeness (QED) is 0.377. The van der Waals surface area contributed by atoms with Gasteiger partial charge in [0.1, 0.15) is 0 Å². The molecule has 0 aromatic rings. The van der Waals surface area contributed by atoms with E-state index >= 15 is 0 Å². The number of carbonyl (C=O) groups excluding carboxylic acids is 4. The standard InChI is InChI=1S/C9H6O6/c10-6-2-1-3-5(4(2)8(12)14-6)9(13)15-7(3)11/h2-5H,1H2/t2-,3?,4-,5?/m1/s1. The number of carbonyl (C=O) groups is 4. The Morgan fingerprint density at radius 3 is 1.53 bits per heavy atom. The van der Waals surface area contributed by atoms with Crippen LogP contribution in [0, 0.1) is 23.7 Å². The second-order valence-electron chi connectivity index (χ2n) is 3.98. The van der Waals surface area contributed by atoms with E-state index in [2.05, 4.69) is 9.47 Å². The van der Waals surface area contributed by atoms with E-state index in [9.17, 15) is 19.2 Å². The Hall–Kier alpha value is -1.72. The van der Waals surface area contributed by atoms with Crippen molar-refractivity contribution in [3.8, 4) is 0 Å². The first-order valence-corrected chi connectivity index (χ1v) is 4.60. The average molecular weight is 210 g/mol. The summed E-state index contributed by atoms with van der Waals surface area (Å²) in [7, 11) is 0. The van der Waals surface area contributed by atoms with Gasteiger partial charge < -0.3 is 9.47 Å². The first-order valence-electron chi connectivity index (χ1n) is 4.60. The number of esters is 4. The van der Waals surface area contributed by atoms with Crippen LogP contribution in [-0.4, -0.2) is 23.9 Å². The Morgan fingerprint density at radius 1 is 0.733 bits per heavy atom. The average Bonchev–Trinajstić information content (AvgIpc) is 2.72. The topological polar surface area (TPSA) is 86.7 Å². The van der Waals surface area contributed by atoms with E-state index in [1.165, 1.54) is 0 Å². The molecule has 2 aliphatic heterocycles. The van der Waals surface area contributed by atoms with Crippen molar-refractivity contribution < 1.29 is 28.7 Å². The molecule has 3 rings (SSSR count). The van der Waals surface area contributed by atoms with Gasteiger partial charge in [0.05, 0.1) is 23.7 Å². The molecule has 1 aliphatic carbocycles. The number of ether oxygens (including phenoxy) is 2. The normalized spacial score (nSPS) is 42.7. The summed E-state index contributed by atoms with van der Waals surface area (Å²) < 4.78 is 8.85. The lowest BCUT2D eigenvalue weighted by Gasteiger charge is -2.06. The van der Waals surface area contributed by atoms with Crippen LogP contribution in [0.4, 0.5) is 0 Å². The molecule has 0 N–H and O–H groups in total. The minimum atomic E-state index is -0.804. The van der Waals surface area contributed by atoms with E-state index < -0.39 is 47.5 Å². The highest BCUT2D eigenvalue weighted by Gasteiger charge is 2.64. The second kappa shape index (κ2) is 2.44. The number of fused-ring (bicyclic) bond motifs is 3. The highest BCUT2D eigenvalue weighted by Crippen LogP contribution is 2.49. The summed E-state index contributed by atoms with van der Waals surface area (Å²) in [6.07, 6.45) is 0.185. The Morgan fingerprint density at radius 2 is 1.13 bits per heavy atom. The van der Waals surface area contributed by atoms with Crippen LogP contribution in [-0.2, 0) is 28.7 Å². The van der Waals surface area contributed by atoms with Crippen molar-refractivity contribution in [1.29, 1.82) is 0 Å². The molecule has 6 nitrogen and oxygen atoms in total. The maximum absolute atomic E-state index is 11.3. The summed E-state index contributed by atoms with van der Waals surface area (Å²) in [5.74, 6) is -5.54.